The number of nitro groups is 1. The molecule has 0 bridgehead atoms. The fourth-order valence-corrected chi connectivity index (χ4v) is 1.57. The summed E-state index contributed by atoms with van der Waals surface area (Å²) in [7, 11) is 0. The lowest BCUT2D eigenvalue weighted by Crippen LogP contribution is -2.31. The molecule has 0 aliphatic carbocycles. The zero-order valence-corrected chi connectivity index (χ0v) is 11.7. The number of urea groups is 1. The van der Waals surface area contributed by atoms with Gasteiger partial charge in [0.15, 0.2) is 0 Å². The van der Waals surface area contributed by atoms with E-state index in [-0.39, 0.29) is 11.4 Å². The molecule has 0 fully saturated rings. The van der Waals surface area contributed by atoms with Gasteiger partial charge in [-0.2, -0.15) is 0 Å². The number of halogens is 1. The minimum Gasteiger partial charge on any atom is -0.338 e. The molecule has 0 unspecified atom stereocenters. The lowest BCUT2D eigenvalue weighted by Gasteiger charge is -2.09. The number of carbonyl (C=O) groups excluding carboxylic acids is 1. The van der Waals surface area contributed by atoms with Crippen LogP contribution in [0.1, 0.15) is 13.8 Å². The van der Waals surface area contributed by atoms with E-state index in [2.05, 4.69) is 26.6 Å². The number of hydrogen-bond acceptors (Lipinski definition) is 3. The third-order valence-corrected chi connectivity index (χ3v) is 2.57. The van der Waals surface area contributed by atoms with Gasteiger partial charge in [-0.3, -0.25) is 10.1 Å². The number of nitrogens with one attached hydrogen (secondary N) is 2. The highest BCUT2D eigenvalue weighted by atomic mass is 79.9. The Kier molecular flexibility index (Phi) is 5.08. The number of nitro benzene ring substituents is 1. The van der Waals surface area contributed by atoms with Crippen LogP contribution < -0.4 is 10.6 Å². The molecule has 0 aliphatic heterocycles. The monoisotopic (exact) mass is 315 g/mol. The van der Waals surface area contributed by atoms with Gasteiger partial charge in [0, 0.05) is 17.1 Å². The van der Waals surface area contributed by atoms with Gasteiger partial charge in [-0.25, -0.2) is 4.79 Å². The summed E-state index contributed by atoms with van der Waals surface area (Å²) in [6.45, 7) is 4.43. The van der Waals surface area contributed by atoms with Crippen molar-refractivity contribution in [2.45, 2.75) is 13.8 Å². The second kappa shape index (κ2) is 6.34. The summed E-state index contributed by atoms with van der Waals surface area (Å²) in [5.41, 5.74) is 0.0218. The van der Waals surface area contributed by atoms with Gasteiger partial charge in [0.05, 0.1) is 4.92 Å². The van der Waals surface area contributed by atoms with Crippen LogP contribution in [0.25, 0.3) is 0 Å². The second-order valence-corrected chi connectivity index (χ2v) is 5.06. The summed E-state index contributed by atoms with van der Waals surface area (Å²) in [4.78, 5) is 21.8. The molecule has 2 N–H and O–H groups in total. The van der Waals surface area contributed by atoms with Crippen LogP contribution in [0.2, 0.25) is 0 Å². The van der Waals surface area contributed by atoms with Crippen LogP contribution in [0.3, 0.4) is 0 Å². The van der Waals surface area contributed by atoms with E-state index in [9.17, 15) is 14.9 Å². The van der Waals surface area contributed by atoms with Gasteiger partial charge in [-0.15, -0.1) is 0 Å². The highest BCUT2D eigenvalue weighted by Crippen LogP contribution is 2.27. The number of rotatable bonds is 4. The predicted octanol–water partition coefficient (Wildman–Crippen LogP) is 3.13. The molecule has 2 amide bonds. The van der Waals surface area contributed by atoms with Crippen LogP contribution in [-0.4, -0.2) is 17.5 Å². The Labute approximate surface area is 113 Å². The molecule has 0 atom stereocenters. The molecule has 0 radical (unpaired) electrons. The first-order valence-electron chi connectivity index (χ1n) is 5.39. The Balaban J connectivity index is 2.78. The molecule has 0 saturated carbocycles. The zero-order valence-electron chi connectivity index (χ0n) is 10.1. The summed E-state index contributed by atoms with van der Waals surface area (Å²) in [6.07, 6.45) is 0. The number of hydrogen-bond donors (Lipinski definition) is 2. The average Bonchev–Trinajstić information content (AvgIpc) is 2.28. The average molecular weight is 316 g/mol. The van der Waals surface area contributed by atoms with Gasteiger partial charge in [0.2, 0.25) is 0 Å². The van der Waals surface area contributed by atoms with Crippen molar-refractivity contribution in [2.24, 2.45) is 5.92 Å². The molecule has 0 aromatic heterocycles. The van der Waals surface area contributed by atoms with Crippen LogP contribution in [0, 0.1) is 16.0 Å². The van der Waals surface area contributed by atoms with Gasteiger partial charge >= 0.3 is 6.03 Å². The van der Waals surface area contributed by atoms with Crippen molar-refractivity contribution in [3.05, 3.63) is 32.8 Å². The van der Waals surface area contributed by atoms with Crippen molar-refractivity contribution in [3.63, 3.8) is 0 Å². The molecule has 1 rings (SSSR count). The lowest BCUT2D eigenvalue weighted by atomic mass is 10.2. The van der Waals surface area contributed by atoms with E-state index in [1.54, 1.807) is 6.07 Å². The first kappa shape index (κ1) is 14.4. The SMILES string of the molecule is CC(C)CNC(=O)Nc1ccc(Br)cc1[N+](=O)[O-]. The maximum absolute atomic E-state index is 11.5. The normalized spacial score (nSPS) is 10.2. The predicted molar refractivity (Wildman–Crippen MR) is 72.7 cm³/mol. The minimum atomic E-state index is -0.539. The molecule has 98 valence electrons. The third-order valence-electron chi connectivity index (χ3n) is 2.08. The van der Waals surface area contributed by atoms with E-state index in [4.69, 9.17) is 0 Å². The van der Waals surface area contributed by atoms with E-state index < -0.39 is 11.0 Å². The minimum absolute atomic E-state index is 0.149. The fourth-order valence-electron chi connectivity index (χ4n) is 1.22. The Morgan fingerprint density at radius 1 is 1.50 bits per heavy atom. The van der Waals surface area contributed by atoms with E-state index in [0.29, 0.717) is 16.9 Å². The van der Waals surface area contributed by atoms with Crippen molar-refractivity contribution in [2.75, 3.05) is 11.9 Å². The molecule has 7 heteroatoms. The number of carbonyl (C=O) groups is 1. The van der Waals surface area contributed by atoms with Crippen LogP contribution in [0.5, 0.6) is 0 Å². The summed E-state index contributed by atoms with van der Waals surface area (Å²) in [5, 5.41) is 15.9. The molecule has 0 aliphatic rings. The molecule has 6 nitrogen and oxygen atoms in total. The van der Waals surface area contributed by atoms with E-state index >= 15 is 0 Å². The van der Waals surface area contributed by atoms with Gasteiger partial charge in [0.25, 0.3) is 5.69 Å². The smallest absolute Gasteiger partial charge is 0.319 e. The number of amides is 2. The van der Waals surface area contributed by atoms with Crippen LogP contribution >= 0.6 is 15.9 Å². The van der Waals surface area contributed by atoms with Gasteiger partial charge in [0.1, 0.15) is 5.69 Å². The van der Waals surface area contributed by atoms with Crippen LogP contribution in [0.4, 0.5) is 16.2 Å². The molecule has 0 saturated heterocycles. The maximum Gasteiger partial charge on any atom is 0.319 e. The highest BCUT2D eigenvalue weighted by molar-refractivity contribution is 9.10. The van der Waals surface area contributed by atoms with E-state index in [0.717, 1.165) is 0 Å². The standard InChI is InChI=1S/C11H14BrN3O3/c1-7(2)6-13-11(16)14-9-4-3-8(12)5-10(9)15(17)18/h3-5,7H,6H2,1-2H3,(H2,13,14,16). The number of nitrogens with zero attached hydrogens (tertiary/aromatic N) is 1. The van der Waals surface area contributed by atoms with E-state index in [1.165, 1.54) is 12.1 Å². The van der Waals surface area contributed by atoms with Gasteiger partial charge < -0.3 is 10.6 Å². The maximum atomic E-state index is 11.5. The van der Waals surface area contributed by atoms with Gasteiger partial charge in [-0.05, 0) is 18.1 Å². The quantitative estimate of drug-likeness (QED) is 0.661. The van der Waals surface area contributed by atoms with Crippen molar-refractivity contribution < 1.29 is 9.72 Å². The first-order chi connectivity index (χ1) is 8.40. The summed E-state index contributed by atoms with van der Waals surface area (Å²) < 4.78 is 0.585. The Bertz CT molecular complexity index is 463. The molecule has 1 aromatic carbocycles. The molecular weight excluding hydrogens is 302 g/mol. The fraction of sp³-hybridized carbons (Fsp3) is 0.364. The Hall–Kier alpha value is -1.63. The third kappa shape index (κ3) is 4.33. The van der Waals surface area contributed by atoms with Crippen LogP contribution in [0.15, 0.2) is 22.7 Å². The molecular formula is C11H14BrN3O3. The summed E-state index contributed by atoms with van der Waals surface area (Å²) in [5.74, 6) is 0.315. The van der Waals surface area contributed by atoms with Crippen molar-refractivity contribution in [1.29, 1.82) is 0 Å². The Morgan fingerprint density at radius 2 is 2.17 bits per heavy atom. The van der Waals surface area contributed by atoms with Gasteiger partial charge in [-0.1, -0.05) is 29.8 Å². The summed E-state index contributed by atoms with van der Waals surface area (Å²) >= 11 is 3.15. The lowest BCUT2D eigenvalue weighted by molar-refractivity contribution is -0.384. The topological polar surface area (TPSA) is 84.3 Å². The molecule has 0 spiro atoms. The van der Waals surface area contributed by atoms with Crippen molar-refractivity contribution >= 4 is 33.3 Å². The largest absolute Gasteiger partial charge is 0.338 e. The van der Waals surface area contributed by atoms with Crippen LogP contribution in [-0.2, 0) is 0 Å². The summed E-state index contributed by atoms with van der Waals surface area (Å²) in [6, 6.07) is 4.01. The Morgan fingerprint density at radius 3 is 2.72 bits per heavy atom. The van der Waals surface area contributed by atoms with E-state index in [1.807, 2.05) is 13.8 Å². The molecule has 18 heavy (non-hydrogen) atoms. The second-order valence-electron chi connectivity index (χ2n) is 4.15. The zero-order chi connectivity index (χ0) is 13.7. The van der Waals surface area contributed by atoms with Crippen molar-refractivity contribution in [3.8, 4) is 0 Å². The number of benzene rings is 1. The molecule has 1 aromatic rings. The first-order valence-corrected chi connectivity index (χ1v) is 6.18. The highest BCUT2D eigenvalue weighted by Gasteiger charge is 2.16. The van der Waals surface area contributed by atoms with Crippen molar-refractivity contribution in [1.82, 2.24) is 5.32 Å². The number of anilines is 1. The molecule has 0 heterocycles.